The zero-order valence-electron chi connectivity index (χ0n) is 10.2. The van der Waals surface area contributed by atoms with Gasteiger partial charge in [0.25, 0.3) is 6.29 Å². The second-order valence-electron chi connectivity index (χ2n) is 3.49. The van der Waals surface area contributed by atoms with Crippen LogP contribution in [0.25, 0.3) is 0 Å². The zero-order chi connectivity index (χ0) is 13.5. The first-order valence-corrected chi connectivity index (χ1v) is 6.32. The lowest BCUT2D eigenvalue weighted by molar-refractivity contribution is -0.156. The quantitative estimate of drug-likeness (QED) is 0.343. The van der Waals surface area contributed by atoms with Gasteiger partial charge in [0.05, 0.1) is 0 Å². The van der Waals surface area contributed by atoms with Gasteiger partial charge in [-0.1, -0.05) is 29.3 Å². The molecular formula is C12H14O5P+. The predicted molar refractivity (Wildman–Crippen MR) is 66.1 cm³/mol. The molecule has 0 fully saturated rings. The third-order valence-electron chi connectivity index (χ3n) is 1.78. The molecule has 1 aromatic rings. The molecule has 0 amide bonds. The summed E-state index contributed by atoms with van der Waals surface area (Å²) < 4.78 is 26.1. The van der Waals surface area contributed by atoms with E-state index in [1.54, 1.807) is 30.3 Å². The van der Waals surface area contributed by atoms with Crippen molar-refractivity contribution >= 4 is 14.2 Å². The number of hydrogen-bond acceptors (Lipinski definition) is 5. The Balaban J connectivity index is 2.41. The number of rotatable bonds is 6. The highest BCUT2D eigenvalue weighted by Crippen LogP contribution is 2.29. The molecule has 2 unspecified atom stereocenters. The molecule has 0 saturated carbocycles. The first kappa shape index (κ1) is 14.4. The average Bonchev–Trinajstić information content (AvgIpc) is 2.29. The Hall–Kier alpha value is -1.71. The van der Waals surface area contributed by atoms with Gasteiger partial charge in [-0.25, -0.2) is 9.32 Å². The molecule has 1 aromatic carbocycles. The van der Waals surface area contributed by atoms with Crippen molar-refractivity contribution in [1.29, 1.82) is 0 Å². The highest BCUT2D eigenvalue weighted by atomic mass is 31.1. The molecule has 96 valence electrons. The predicted octanol–water partition coefficient (Wildman–Crippen LogP) is 3.20. The molecule has 0 radical (unpaired) electrons. The van der Waals surface area contributed by atoms with Crippen LogP contribution in [0.1, 0.15) is 13.8 Å². The lowest BCUT2D eigenvalue weighted by atomic mass is 10.3. The molecule has 0 saturated heterocycles. The SMILES string of the molecule is C=C(C)C(=O)OC(C)O[P+](=O)Oc1ccccc1. The van der Waals surface area contributed by atoms with Crippen LogP contribution in [0.2, 0.25) is 0 Å². The van der Waals surface area contributed by atoms with E-state index in [-0.39, 0.29) is 5.57 Å². The molecule has 6 heteroatoms. The minimum absolute atomic E-state index is 0.240. The Morgan fingerprint density at radius 1 is 1.33 bits per heavy atom. The van der Waals surface area contributed by atoms with Gasteiger partial charge >= 0.3 is 14.2 Å². The second-order valence-corrected chi connectivity index (χ2v) is 4.33. The van der Waals surface area contributed by atoms with Gasteiger partial charge in [0.1, 0.15) is 0 Å². The molecule has 0 heterocycles. The summed E-state index contributed by atoms with van der Waals surface area (Å²) in [5.41, 5.74) is 0.240. The summed E-state index contributed by atoms with van der Waals surface area (Å²) in [5, 5.41) is 0. The summed E-state index contributed by atoms with van der Waals surface area (Å²) >= 11 is 0. The molecule has 1 rings (SSSR count). The van der Waals surface area contributed by atoms with E-state index in [9.17, 15) is 9.36 Å². The fraction of sp³-hybridized carbons (Fsp3) is 0.250. The van der Waals surface area contributed by atoms with Crippen molar-refractivity contribution in [2.45, 2.75) is 20.1 Å². The van der Waals surface area contributed by atoms with E-state index in [0.29, 0.717) is 5.75 Å². The van der Waals surface area contributed by atoms with Gasteiger partial charge in [-0.15, -0.1) is 0 Å². The molecule has 0 N–H and O–H groups in total. The summed E-state index contributed by atoms with van der Waals surface area (Å²) in [7, 11) is -2.40. The van der Waals surface area contributed by atoms with Gasteiger partial charge in [-0.3, -0.25) is 0 Å². The van der Waals surface area contributed by atoms with Crippen LogP contribution in [0, 0.1) is 0 Å². The van der Waals surface area contributed by atoms with Gasteiger partial charge < -0.3 is 4.74 Å². The maximum Gasteiger partial charge on any atom is 0.754 e. The van der Waals surface area contributed by atoms with Crippen molar-refractivity contribution in [3.05, 3.63) is 42.5 Å². The largest absolute Gasteiger partial charge is 0.754 e. The number of carbonyl (C=O) groups excluding carboxylic acids is 1. The Kier molecular flexibility index (Phi) is 5.49. The minimum Gasteiger partial charge on any atom is -0.428 e. The van der Waals surface area contributed by atoms with E-state index in [1.165, 1.54) is 13.8 Å². The van der Waals surface area contributed by atoms with Crippen molar-refractivity contribution in [2.24, 2.45) is 0 Å². The monoisotopic (exact) mass is 269 g/mol. The van der Waals surface area contributed by atoms with Crippen LogP contribution in [0.5, 0.6) is 5.75 Å². The van der Waals surface area contributed by atoms with E-state index in [4.69, 9.17) is 13.8 Å². The van der Waals surface area contributed by atoms with E-state index in [1.807, 2.05) is 0 Å². The molecule has 0 aromatic heterocycles. The summed E-state index contributed by atoms with van der Waals surface area (Å²) in [6.07, 6.45) is -0.971. The van der Waals surface area contributed by atoms with E-state index in [2.05, 4.69) is 6.58 Å². The van der Waals surface area contributed by atoms with Crippen molar-refractivity contribution < 1.29 is 23.1 Å². The highest BCUT2D eigenvalue weighted by Gasteiger charge is 2.28. The number of hydrogen-bond donors (Lipinski definition) is 0. The average molecular weight is 269 g/mol. The third kappa shape index (κ3) is 5.08. The Labute approximate surface area is 106 Å². The molecule has 0 aliphatic rings. The molecule has 0 aliphatic carbocycles. The van der Waals surface area contributed by atoms with Gasteiger partial charge in [-0.2, -0.15) is 0 Å². The van der Waals surface area contributed by atoms with Gasteiger partial charge in [-0.05, 0) is 19.1 Å². The summed E-state index contributed by atoms with van der Waals surface area (Å²) in [4.78, 5) is 11.2. The van der Waals surface area contributed by atoms with Crippen LogP contribution in [-0.2, 0) is 18.6 Å². The Morgan fingerprint density at radius 2 is 1.94 bits per heavy atom. The van der Waals surface area contributed by atoms with Crippen LogP contribution >= 0.6 is 8.25 Å². The number of para-hydroxylation sites is 1. The van der Waals surface area contributed by atoms with E-state index < -0.39 is 20.5 Å². The second kappa shape index (κ2) is 6.89. The van der Waals surface area contributed by atoms with Crippen LogP contribution in [0.15, 0.2) is 42.5 Å². The smallest absolute Gasteiger partial charge is 0.428 e. The maximum atomic E-state index is 11.5. The van der Waals surface area contributed by atoms with Crippen LogP contribution in [0.3, 0.4) is 0 Å². The van der Waals surface area contributed by atoms with Gasteiger partial charge in [0, 0.05) is 17.1 Å². The number of benzene rings is 1. The van der Waals surface area contributed by atoms with Crippen LogP contribution < -0.4 is 4.52 Å². The Morgan fingerprint density at radius 3 is 2.50 bits per heavy atom. The van der Waals surface area contributed by atoms with E-state index >= 15 is 0 Å². The fourth-order valence-corrected chi connectivity index (χ4v) is 1.61. The normalized spacial score (nSPS) is 12.4. The Bertz CT molecular complexity index is 443. The van der Waals surface area contributed by atoms with Gasteiger partial charge in [0.15, 0.2) is 5.75 Å². The lowest BCUT2D eigenvalue weighted by Crippen LogP contribution is -2.16. The lowest BCUT2D eigenvalue weighted by Gasteiger charge is -2.06. The maximum absolute atomic E-state index is 11.5. The number of carbonyl (C=O) groups is 1. The zero-order valence-corrected chi connectivity index (χ0v) is 11.1. The van der Waals surface area contributed by atoms with Crippen LogP contribution in [-0.4, -0.2) is 12.3 Å². The van der Waals surface area contributed by atoms with Gasteiger partial charge in [0.2, 0.25) is 0 Å². The fourth-order valence-electron chi connectivity index (χ4n) is 0.983. The first-order valence-electron chi connectivity index (χ1n) is 5.22. The van der Waals surface area contributed by atoms with Crippen molar-refractivity contribution in [1.82, 2.24) is 0 Å². The molecular weight excluding hydrogens is 255 g/mol. The van der Waals surface area contributed by atoms with Crippen molar-refractivity contribution in [2.75, 3.05) is 0 Å². The molecule has 2 atom stereocenters. The summed E-state index contributed by atoms with van der Waals surface area (Å²) in [5.74, 6) is -0.192. The standard InChI is InChI=1S/C12H14O5P/c1-9(2)12(13)15-10(3)16-18(14)17-11-7-5-4-6-8-11/h4-8,10H,1H2,2-3H3/q+1. The number of ether oxygens (including phenoxy) is 1. The minimum atomic E-state index is -2.40. The third-order valence-corrected chi connectivity index (χ3v) is 2.61. The highest BCUT2D eigenvalue weighted by molar-refractivity contribution is 7.33. The van der Waals surface area contributed by atoms with Crippen molar-refractivity contribution in [3.63, 3.8) is 0 Å². The summed E-state index contributed by atoms with van der Waals surface area (Å²) in [6, 6.07) is 8.56. The first-order chi connectivity index (χ1) is 8.49. The number of esters is 1. The molecule has 0 bridgehead atoms. The topological polar surface area (TPSA) is 61.8 Å². The molecule has 18 heavy (non-hydrogen) atoms. The summed E-state index contributed by atoms with van der Waals surface area (Å²) in [6.45, 7) is 6.38. The molecule has 5 nitrogen and oxygen atoms in total. The van der Waals surface area contributed by atoms with E-state index in [0.717, 1.165) is 0 Å². The van der Waals surface area contributed by atoms with Crippen molar-refractivity contribution in [3.8, 4) is 5.75 Å². The van der Waals surface area contributed by atoms with Crippen LogP contribution in [0.4, 0.5) is 0 Å². The molecule has 0 aliphatic heterocycles. The molecule has 0 spiro atoms.